The van der Waals surface area contributed by atoms with Crippen molar-refractivity contribution in [3.63, 3.8) is 0 Å². The first-order valence-corrected chi connectivity index (χ1v) is 8.56. The molecule has 2 fully saturated rings. The number of nitrogens with zero attached hydrogens (tertiary/aromatic N) is 2. The van der Waals surface area contributed by atoms with E-state index in [4.69, 9.17) is 10.5 Å². The minimum Gasteiger partial charge on any atom is -0.373 e. The number of ether oxygens (including phenoxy) is 1. The second-order valence-electron chi connectivity index (χ2n) is 7.89. The zero-order chi connectivity index (χ0) is 15.5. The van der Waals surface area contributed by atoms with Gasteiger partial charge in [-0.25, -0.2) is 0 Å². The Morgan fingerprint density at radius 1 is 1.24 bits per heavy atom. The molecular formula is C17H33N3O. The molecule has 0 aromatic heterocycles. The molecule has 0 radical (unpaired) electrons. The fraction of sp³-hybridized carbons (Fsp3) is 0.941. The zero-order valence-electron chi connectivity index (χ0n) is 14.3. The number of rotatable bonds is 4. The highest BCUT2D eigenvalue weighted by Gasteiger charge is 2.32. The minimum atomic E-state index is -0.0103. The van der Waals surface area contributed by atoms with Crippen molar-refractivity contribution >= 4 is 5.96 Å². The molecule has 2 rings (SSSR count). The lowest BCUT2D eigenvalue weighted by Gasteiger charge is -2.39. The van der Waals surface area contributed by atoms with Crippen LogP contribution in [0.4, 0.5) is 0 Å². The Morgan fingerprint density at radius 3 is 2.43 bits per heavy atom. The summed E-state index contributed by atoms with van der Waals surface area (Å²) >= 11 is 0. The van der Waals surface area contributed by atoms with Crippen LogP contribution >= 0.6 is 0 Å². The van der Waals surface area contributed by atoms with Crippen LogP contribution in [-0.2, 0) is 4.74 Å². The zero-order valence-corrected chi connectivity index (χ0v) is 14.3. The van der Waals surface area contributed by atoms with Gasteiger partial charge >= 0.3 is 0 Å². The van der Waals surface area contributed by atoms with Gasteiger partial charge in [-0.1, -0.05) is 6.92 Å². The van der Waals surface area contributed by atoms with E-state index >= 15 is 0 Å². The van der Waals surface area contributed by atoms with Crippen LogP contribution in [-0.4, -0.2) is 42.2 Å². The number of guanidine groups is 1. The molecule has 4 nitrogen and oxygen atoms in total. The molecule has 1 aliphatic carbocycles. The molecule has 0 aromatic carbocycles. The summed E-state index contributed by atoms with van der Waals surface area (Å²) in [6.07, 6.45) is 6.46. The summed E-state index contributed by atoms with van der Waals surface area (Å²) in [6, 6.07) is 0. The van der Waals surface area contributed by atoms with E-state index in [2.05, 4.69) is 37.6 Å². The van der Waals surface area contributed by atoms with E-state index in [-0.39, 0.29) is 5.60 Å². The van der Waals surface area contributed by atoms with E-state index in [1.165, 1.54) is 25.7 Å². The second kappa shape index (κ2) is 6.99. The van der Waals surface area contributed by atoms with Crippen LogP contribution in [0.5, 0.6) is 0 Å². The molecule has 0 unspecified atom stereocenters. The lowest BCUT2D eigenvalue weighted by molar-refractivity contribution is -0.112. The molecule has 0 bridgehead atoms. The van der Waals surface area contributed by atoms with Gasteiger partial charge in [0.2, 0.25) is 0 Å². The fourth-order valence-corrected chi connectivity index (χ4v) is 3.21. The smallest absolute Gasteiger partial charge is 0.191 e. The largest absolute Gasteiger partial charge is 0.373 e. The standard InChI is InChI=1S/C17H33N3O/c1-13-6-9-20(10-7-13)16(18)19-8-5-14-11-15(12-14)21-17(2,3)4/h13-15H,5-12H2,1-4H3,(H2,18,19). The molecule has 2 N–H and O–H groups in total. The molecule has 1 saturated carbocycles. The molecule has 1 aliphatic heterocycles. The number of aliphatic imine (C=N–C) groups is 1. The molecule has 4 heteroatoms. The number of piperidine rings is 1. The van der Waals surface area contributed by atoms with Crippen LogP contribution < -0.4 is 5.73 Å². The molecule has 2 aliphatic rings. The quantitative estimate of drug-likeness (QED) is 0.640. The van der Waals surface area contributed by atoms with Crippen molar-refractivity contribution in [2.45, 2.75) is 71.5 Å². The first-order valence-electron chi connectivity index (χ1n) is 8.56. The van der Waals surface area contributed by atoms with Crippen LogP contribution in [0.2, 0.25) is 0 Å². The number of hydrogen-bond donors (Lipinski definition) is 1. The van der Waals surface area contributed by atoms with E-state index in [0.717, 1.165) is 43.9 Å². The van der Waals surface area contributed by atoms with Crippen LogP contribution in [0.1, 0.15) is 59.8 Å². The van der Waals surface area contributed by atoms with Gasteiger partial charge in [-0.05, 0) is 64.7 Å². The third-order valence-electron chi connectivity index (χ3n) is 4.63. The third-order valence-corrected chi connectivity index (χ3v) is 4.63. The van der Waals surface area contributed by atoms with Gasteiger partial charge in [-0.3, -0.25) is 4.99 Å². The fourth-order valence-electron chi connectivity index (χ4n) is 3.21. The molecule has 1 heterocycles. The lowest BCUT2D eigenvalue weighted by Crippen LogP contribution is -2.42. The first-order chi connectivity index (χ1) is 9.83. The molecule has 1 saturated heterocycles. The summed E-state index contributed by atoms with van der Waals surface area (Å²) in [5.41, 5.74) is 6.09. The summed E-state index contributed by atoms with van der Waals surface area (Å²) in [7, 11) is 0. The second-order valence-corrected chi connectivity index (χ2v) is 7.89. The van der Waals surface area contributed by atoms with E-state index < -0.39 is 0 Å². The van der Waals surface area contributed by atoms with Gasteiger partial charge in [-0.2, -0.15) is 0 Å². The SMILES string of the molecule is CC1CCN(C(N)=NCCC2CC(OC(C)(C)C)C2)CC1. The van der Waals surface area contributed by atoms with Crippen molar-refractivity contribution in [3.8, 4) is 0 Å². The summed E-state index contributed by atoms with van der Waals surface area (Å²) in [4.78, 5) is 6.82. The van der Waals surface area contributed by atoms with Gasteiger partial charge in [0.25, 0.3) is 0 Å². The highest BCUT2D eigenvalue weighted by molar-refractivity contribution is 5.78. The van der Waals surface area contributed by atoms with E-state index in [1.54, 1.807) is 0 Å². The van der Waals surface area contributed by atoms with E-state index in [1.807, 2.05) is 0 Å². The Balaban J connectivity index is 1.60. The normalized spacial score (nSPS) is 28.6. The molecule has 122 valence electrons. The topological polar surface area (TPSA) is 50.8 Å². The van der Waals surface area contributed by atoms with Crippen molar-refractivity contribution in [3.05, 3.63) is 0 Å². The molecule has 0 atom stereocenters. The van der Waals surface area contributed by atoms with Gasteiger partial charge in [0, 0.05) is 19.6 Å². The van der Waals surface area contributed by atoms with Gasteiger partial charge in [0.05, 0.1) is 11.7 Å². The van der Waals surface area contributed by atoms with Crippen molar-refractivity contribution in [2.75, 3.05) is 19.6 Å². The van der Waals surface area contributed by atoms with Crippen LogP contribution in [0, 0.1) is 11.8 Å². The van der Waals surface area contributed by atoms with Gasteiger partial charge in [0.1, 0.15) is 0 Å². The number of likely N-dealkylation sites (tertiary alicyclic amines) is 1. The first kappa shape index (κ1) is 16.6. The van der Waals surface area contributed by atoms with Crippen molar-refractivity contribution in [1.82, 2.24) is 4.90 Å². The summed E-state index contributed by atoms with van der Waals surface area (Å²) < 4.78 is 5.97. The minimum absolute atomic E-state index is 0.0103. The van der Waals surface area contributed by atoms with Crippen LogP contribution in [0.15, 0.2) is 4.99 Å². The monoisotopic (exact) mass is 295 g/mol. The summed E-state index contributed by atoms with van der Waals surface area (Å²) in [6.45, 7) is 11.7. The maximum absolute atomic E-state index is 6.10. The summed E-state index contributed by atoms with van der Waals surface area (Å²) in [5, 5.41) is 0. The maximum atomic E-state index is 6.10. The average molecular weight is 295 g/mol. The highest BCUT2D eigenvalue weighted by Crippen LogP contribution is 2.35. The Hall–Kier alpha value is -0.770. The van der Waals surface area contributed by atoms with Crippen molar-refractivity contribution in [1.29, 1.82) is 0 Å². The van der Waals surface area contributed by atoms with Gasteiger partial charge in [-0.15, -0.1) is 0 Å². The Labute approximate surface area is 130 Å². The predicted octanol–water partition coefficient (Wildman–Crippen LogP) is 3.02. The molecule has 21 heavy (non-hydrogen) atoms. The molecular weight excluding hydrogens is 262 g/mol. The highest BCUT2D eigenvalue weighted by atomic mass is 16.5. The molecule has 0 spiro atoms. The van der Waals surface area contributed by atoms with Gasteiger partial charge < -0.3 is 15.4 Å². The van der Waals surface area contributed by atoms with E-state index in [0.29, 0.717) is 6.10 Å². The maximum Gasteiger partial charge on any atom is 0.191 e. The van der Waals surface area contributed by atoms with Crippen LogP contribution in [0.25, 0.3) is 0 Å². The Morgan fingerprint density at radius 2 is 1.86 bits per heavy atom. The molecule has 0 amide bonds. The van der Waals surface area contributed by atoms with E-state index in [9.17, 15) is 0 Å². The van der Waals surface area contributed by atoms with Gasteiger partial charge in [0.15, 0.2) is 5.96 Å². The lowest BCUT2D eigenvalue weighted by atomic mass is 9.80. The van der Waals surface area contributed by atoms with Crippen molar-refractivity contribution < 1.29 is 4.74 Å². The Kier molecular flexibility index (Phi) is 5.53. The average Bonchev–Trinajstić information content (AvgIpc) is 2.34. The molecule has 0 aromatic rings. The third kappa shape index (κ3) is 5.50. The number of hydrogen-bond acceptors (Lipinski definition) is 2. The van der Waals surface area contributed by atoms with Crippen molar-refractivity contribution in [2.24, 2.45) is 22.6 Å². The Bertz CT molecular complexity index is 348. The van der Waals surface area contributed by atoms with Crippen LogP contribution in [0.3, 0.4) is 0 Å². The predicted molar refractivity (Wildman–Crippen MR) is 88.4 cm³/mol. The number of nitrogens with two attached hydrogens (primary N) is 1. The summed E-state index contributed by atoms with van der Waals surface area (Å²) in [5.74, 6) is 2.36.